The molecule has 1 N–H and O–H groups in total. The molecule has 1 aromatic carbocycles. The van der Waals surface area contributed by atoms with E-state index in [0.717, 1.165) is 23.9 Å². The normalized spacial score (nSPS) is 25.0. The van der Waals surface area contributed by atoms with E-state index in [4.69, 9.17) is 0 Å². The summed E-state index contributed by atoms with van der Waals surface area (Å²) in [7, 11) is 0. The second kappa shape index (κ2) is 7.52. The molecule has 1 amide bonds. The van der Waals surface area contributed by atoms with E-state index in [1.165, 1.54) is 12.8 Å². The lowest BCUT2D eigenvalue weighted by Crippen LogP contribution is -2.35. The van der Waals surface area contributed by atoms with Gasteiger partial charge < -0.3 is 5.11 Å². The number of para-hydroxylation sites is 1. The molecule has 0 radical (unpaired) electrons. The van der Waals surface area contributed by atoms with Crippen LogP contribution in [0.25, 0.3) is 10.9 Å². The Morgan fingerprint density at radius 3 is 2.69 bits per heavy atom. The van der Waals surface area contributed by atoms with E-state index in [1.54, 1.807) is 24.5 Å². The molecule has 1 saturated heterocycles. The number of amides is 1. The molecular formula is C25H29N5O2. The summed E-state index contributed by atoms with van der Waals surface area (Å²) in [6.45, 7) is 8.73. The van der Waals surface area contributed by atoms with Crippen LogP contribution in [0.15, 0.2) is 59.0 Å². The van der Waals surface area contributed by atoms with Crippen molar-refractivity contribution >= 4 is 22.5 Å². The smallest absolute Gasteiger partial charge is 0.295 e. The fourth-order valence-electron chi connectivity index (χ4n) is 6.08. The standard InChI is InChI=1S/C25H29N5O2/c1-24(2)12-18-13-25(3,14-24)15-29(18)16-30-20-7-5-4-6-19(20)21(23(30)32)27-28-22(31)17-8-10-26-11-9-17/h4-11,18,32H,12-16H2,1-3H3/t18-,25+/m0/s1. The lowest BCUT2D eigenvalue weighted by Gasteiger charge is -2.40. The third kappa shape index (κ3) is 3.71. The number of hydrogen-bond donors (Lipinski definition) is 1. The van der Waals surface area contributed by atoms with E-state index in [0.29, 0.717) is 34.8 Å². The number of aromatic hydroxyl groups is 1. The van der Waals surface area contributed by atoms with Crippen LogP contribution in [0.1, 0.15) is 50.4 Å². The monoisotopic (exact) mass is 431 g/mol. The Morgan fingerprint density at radius 1 is 1.16 bits per heavy atom. The molecule has 0 spiro atoms. The van der Waals surface area contributed by atoms with Gasteiger partial charge in [0.05, 0.1) is 12.2 Å². The highest BCUT2D eigenvalue weighted by Crippen LogP contribution is 2.53. The summed E-state index contributed by atoms with van der Waals surface area (Å²) in [6, 6.07) is 11.4. The van der Waals surface area contributed by atoms with Crippen LogP contribution >= 0.6 is 0 Å². The molecule has 1 aliphatic heterocycles. The molecule has 1 aliphatic carbocycles. The van der Waals surface area contributed by atoms with Gasteiger partial charge in [0.25, 0.3) is 5.91 Å². The minimum Gasteiger partial charge on any atom is -0.493 e. The number of pyridine rings is 1. The highest BCUT2D eigenvalue weighted by molar-refractivity contribution is 5.97. The van der Waals surface area contributed by atoms with Gasteiger partial charge in [-0.1, -0.05) is 39.0 Å². The predicted octanol–water partition coefficient (Wildman–Crippen LogP) is 5.52. The number of azo groups is 1. The fourth-order valence-corrected chi connectivity index (χ4v) is 6.08. The molecule has 2 atom stereocenters. The largest absolute Gasteiger partial charge is 0.493 e. The zero-order valence-corrected chi connectivity index (χ0v) is 18.8. The van der Waals surface area contributed by atoms with Gasteiger partial charge in [-0.3, -0.25) is 19.2 Å². The number of aromatic nitrogens is 2. The quantitative estimate of drug-likeness (QED) is 0.551. The van der Waals surface area contributed by atoms with Gasteiger partial charge in [0.2, 0.25) is 5.88 Å². The Hall–Kier alpha value is -3.06. The molecule has 3 heterocycles. The third-order valence-electron chi connectivity index (χ3n) is 6.93. The second-order valence-corrected chi connectivity index (χ2v) is 10.5. The molecule has 7 heteroatoms. The summed E-state index contributed by atoms with van der Waals surface area (Å²) >= 11 is 0. The van der Waals surface area contributed by atoms with E-state index in [1.807, 2.05) is 28.8 Å². The molecule has 2 fully saturated rings. The Morgan fingerprint density at radius 2 is 1.91 bits per heavy atom. The van der Waals surface area contributed by atoms with Gasteiger partial charge in [-0.25, -0.2) is 0 Å². The first kappa shape index (κ1) is 20.8. The van der Waals surface area contributed by atoms with Crippen LogP contribution in [0.4, 0.5) is 5.69 Å². The van der Waals surface area contributed by atoms with Crippen molar-refractivity contribution in [3.8, 4) is 5.88 Å². The molecule has 2 aliphatic rings. The number of fused-ring (bicyclic) bond motifs is 3. The topological polar surface area (TPSA) is 83.1 Å². The summed E-state index contributed by atoms with van der Waals surface area (Å²) in [5.74, 6) is -0.421. The van der Waals surface area contributed by atoms with E-state index in [2.05, 4.69) is 40.9 Å². The van der Waals surface area contributed by atoms with Crippen LogP contribution < -0.4 is 0 Å². The van der Waals surface area contributed by atoms with Crippen molar-refractivity contribution in [3.05, 3.63) is 54.4 Å². The van der Waals surface area contributed by atoms with Crippen molar-refractivity contribution in [3.63, 3.8) is 0 Å². The molecule has 2 aromatic heterocycles. The summed E-state index contributed by atoms with van der Waals surface area (Å²) in [6.07, 6.45) is 6.67. The van der Waals surface area contributed by atoms with Gasteiger partial charge in [-0.2, -0.15) is 0 Å². The maximum absolute atomic E-state index is 12.4. The van der Waals surface area contributed by atoms with Crippen LogP contribution in [-0.2, 0) is 6.67 Å². The molecule has 3 aromatic rings. The SMILES string of the molecule is CC1(C)C[C@H]2C[C@@](C)(CN2Cn2c(O)c(N=NC(=O)c3ccncc3)c3ccccc32)C1. The van der Waals surface area contributed by atoms with Crippen molar-refractivity contribution in [2.75, 3.05) is 6.54 Å². The van der Waals surface area contributed by atoms with Crippen molar-refractivity contribution in [2.24, 2.45) is 21.1 Å². The molecule has 32 heavy (non-hydrogen) atoms. The van der Waals surface area contributed by atoms with Crippen LogP contribution in [0, 0.1) is 10.8 Å². The van der Waals surface area contributed by atoms with E-state index < -0.39 is 5.91 Å². The molecule has 0 unspecified atom stereocenters. The summed E-state index contributed by atoms with van der Waals surface area (Å²) in [5, 5.41) is 20.0. The molecule has 166 valence electrons. The Balaban J connectivity index is 1.47. The number of hydrogen-bond acceptors (Lipinski definition) is 5. The Labute approximate surface area is 187 Å². The maximum Gasteiger partial charge on any atom is 0.295 e. The minimum atomic E-state index is -0.466. The summed E-state index contributed by atoms with van der Waals surface area (Å²) < 4.78 is 1.90. The van der Waals surface area contributed by atoms with Gasteiger partial charge in [0, 0.05) is 35.9 Å². The average Bonchev–Trinajstić information content (AvgIpc) is 3.15. The third-order valence-corrected chi connectivity index (χ3v) is 6.93. The number of carbonyl (C=O) groups is 1. The predicted molar refractivity (Wildman–Crippen MR) is 123 cm³/mol. The zero-order valence-electron chi connectivity index (χ0n) is 18.8. The molecule has 5 rings (SSSR count). The first-order valence-corrected chi connectivity index (χ1v) is 11.2. The van der Waals surface area contributed by atoms with Gasteiger partial charge >= 0.3 is 0 Å². The number of nitrogens with zero attached hydrogens (tertiary/aromatic N) is 5. The lowest BCUT2D eigenvalue weighted by molar-refractivity contribution is 0.0995. The summed E-state index contributed by atoms with van der Waals surface area (Å²) in [5.41, 5.74) is 2.27. The molecule has 7 nitrogen and oxygen atoms in total. The Kier molecular flexibility index (Phi) is 4.89. The van der Waals surface area contributed by atoms with Crippen LogP contribution in [0.5, 0.6) is 5.88 Å². The van der Waals surface area contributed by atoms with E-state index in [9.17, 15) is 9.90 Å². The van der Waals surface area contributed by atoms with Gasteiger partial charge in [0.15, 0.2) is 5.69 Å². The highest BCUT2D eigenvalue weighted by Gasteiger charge is 2.49. The van der Waals surface area contributed by atoms with Crippen molar-refractivity contribution < 1.29 is 9.90 Å². The van der Waals surface area contributed by atoms with Crippen molar-refractivity contribution in [1.82, 2.24) is 14.5 Å². The average molecular weight is 432 g/mol. The van der Waals surface area contributed by atoms with Gasteiger partial charge in [0.1, 0.15) is 0 Å². The maximum atomic E-state index is 12.4. The van der Waals surface area contributed by atoms with Crippen molar-refractivity contribution in [2.45, 2.75) is 52.7 Å². The van der Waals surface area contributed by atoms with E-state index in [-0.39, 0.29) is 5.88 Å². The first-order chi connectivity index (χ1) is 15.2. The Bertz CT molecular complexity index is 1200. The fraction of sp³-hybridized carbons (Fsp3) is 0.440. The number of benzene rings is 1. The van der Waals surface area contributed by atoms with Gasteiger partial charge in [-0.15, -0.1) is 10.2 Å². The van der Waals surface area contributed by atoms with Crippen LogP contribution in [-0.4, -0.2) is 38.1 Å². The molecular weight excluding hydrogens is 402 g/mol. The minimum absolute atomic E-state index is 0.0448. The zero-order chi connectivity index (χ0) is 22.5. The molecule has 1 saturated carbocycles. The highest BCUT2D eigenvalue weighted by atomic mass is 16.3. The second-order valence-electron chi connectivity index (χ2n) is 10.5. The lowest BCUT2D eigenvalue weighted by atomic mass is 9.65. The summed E-state index contributed by atoms with van der Waals surface area (Å²) in [4.78, 5) is 18.8. The van der Waals surface area contributed by atoms with Crippen LogP contribution in [0.3, 0.4) is 0 Å². The molecule has 2 bridgehead atoms. The number of carbonyl (C=O) groups excluding carboxylic acids is 1. The van der Waals surface area contributed by atoms with Crippen LogP contribution in [0.2, 0.25) is 0 Å². The van der Waals surface area contributed by atoms with E-state index >= 15 is 0 Å². The number of likely N-dealkylation sites (tertiary alicyclic amines) is 1. The number of rotatable bonds is 4. The first-order valence-electron chi connectivity index (χ1n) is 11.2. The van der Waals surface area contributed by atoms with Crippen molar-refractivity contribution in [1.29, 1.82) is 0 Å². The van der Waals surface area contributed by atoms with Gasteiger partial charge in [-0.05, 0) is 48.3 Å².